The Balaban J connectivity index is 2.50. The van der Waals surface area contributed by atoms with Gasteiger partial charge in [0.25, 0.3) is 0 Å². The summed E-state index contributed by atoms with van der Waals surface area (Å²) in [5, 5.41) is 2.74. The summed E-state index contributed by atoms with van der Waals surface area (Å²) in [4.78, 5) is 23.2. The van der Waals surface area contributed by atoms with E-state index in [-0.39, 0.29) is 11.8 Å². The minimum Gasteiger partial charge on any atom is -0.368 e. The Bertz CT molecular complexity index is 307. The van der Waals surface area contributed by atoms with E-state index in [4.69, 9.17) is 5.73 Å². The van der Waals surface area contributed by atoms with Crippen molar-refractivity contribution in [2.24, 2.45) is 11.7 Å². The highest BCUT2D eigenvalue weighted by atomic mass is 16.2. The summed E-state index contributed by atoms with van der Waals surface area (Å²) in [6, 6.07) is -0.609. The van der Waals surface area contributed by atoms with Crippen LogP contribution in [0.3, 0.4) is 0 Å². The molecule has 1 atom stereocenters. The van der Waals surface area contributed by atoms with Gasteiger partial charge in [0.05, 0.1) is 0 Å². The number of nitrogens with two attached hydrogens (primary N) is 1. The molecule has 2 amide bonds. The third-order valence-corrected chi connectivity index (χ3v) is 3.19. The molecule has 0 radical (unpaired) electrons. The molecule has 96 valence electrons. The second-order valence-corrected chi connectivity index (χ2v) is 4.96. The molecule has 0 aromatic rings. The Morgan fingerprint density at radius 2 is 1.94 bits per heavy atom. The van der Waals surface area contributed by atoms with Crippen LogP contribution in [0.25, 0.3) is 0 Å². The lowest BCUT2D eigenvalue weighted by Gasteiger charge is -2.23. The predicted octanol–water partition coefficient (Wildman–Crippen LogP) is 1.50. The van der Waals surface area contributed by atoms with Crippen molar-refractivity contribution in [3.8, 4) is 0 Å². The first-order chi connectivity index (χ1) is 8.00. The average molecular weight is 238 g/mol. The Morgan fingerprint density at radius 3 is 2.41 bits per heavy atom. The van der Waals surface area contributed by atoms with E-state index in [9.17, 15) is 9.59 Å². The SMILES string of the molecule is C=C(C)C[C@H](NC(=O)C1CCCCC1)C(N)=O. The lowest BCUT2D eigenvalue weighted by atomic mass is 9.88. The molecule has 0 saturated heterocycles. The van der Waals surface area contributed by atoms with E-state index in [0.717, 1.165) is 31.3 Å². The lowest BCUT2D eigenvalue weighted by molar-refractivity contribution is -0.130. The van der Waals surface area contributed by atoms with Crippen LogP contribution in [0.15, 0.2) is 12.2 Å². The Labute approximate surface area is 103 Å². The summed E-state index contributed by atoms with van der Waals surface area (Å²) < 4.78 is 0. The summed E-state index contributed by atoms with van der Waals surface area (Å²) in [5.41, 5.74) is 6.11. The summed E-state index contributed by atoms with van der Waals surface area (Å²) >= 11 is 0. The second-order valence-electron chi connectivity index (χ2n) is 4.96. The van der Waals surface area contributed by atoms with Gasteiger partial charge in [-0.05, 0) is 26.2 Å². The van der Waals surface area contributed by atoms with E-state index in [2.05, 4.69) is 11.9 Å². The van der Waals surface area contributed by atoms with Crippen molar-refractivity contribution in [1.29, 1.82) is 0 Å². The lowest BCUT2D eigenvalue weighted by Crippen LogP contribution is -2.47. The van der Waals surface area contributed by atoms with Gasteiger partial charge in [0.15, 0.2) is 0 Å². The van der Waals surface area contributed by atoms with Gasteiger partial charge in [-0.25, -0.2) is 0 Å². The van der Waals surface area contributed by atoms with Gasteiger partial charge in [-0.2, -0.15) is 0 Å². The quantitative estimate of drug-likeness (QED) is 0.712. The highest BCUT2D eigenvalue weighted by Gasteiger charge is 2.25. The van der Waals surface area contributed by atoms with Crippen molar-refractivity contribution < 1.29 is 9.59 Å². The fourth-order valence-electron chi connectivity index (χ4n) is 2.23. The molecule has 3 N–H and O–H groups in total. The van der Waals surface area contributed by atoms with E-state index < -0.39 is 11.9 Å². The molecule has 1 fully saturated rings. The molecule has 1 saturated carbocycles. The van der Waals surface area contributed by atoms with Crippen LogP contribution in [0.4, 0.5) is 0 Å². The Hall–Kier alpha value is -1.32. The minimum atomic E-state index is -0.609. The number of primary amides is 1. The number of carbonyl (C=O) groups is 2. The highest BCUT2D eigenvalue weighted by molar-refractivity contribution is 5.87. The predicted molar refractivity (Wildman–Crippen MR) is 67.1 cm³/mol. The molecular weight excluding hydrogens is 216 g/mol. The van der Waals surface area contributed by atoms with E-state index in [1.807, 2.05) is 6.92 Å². The number of amides is 2. The topological polar surface area (TPSA) is 72.2 Å². The van der Waals surface area contributed by atoms with E-state index >= 15 is 0 Å². The molecular formula is C13H22N2O2. The zero-order chi connectivity index (χ0) is 12.8. The van der Waals surface area contributed by atoms with Gasteiger partial charge in [0.1, 0.15) is 6.04 Å². The van der Waals surface area contributed by atoms with Crippen molar-refractivity contribution in [1.82, 2.24) is 5.32 Å². The molecule has 0 aromatic heterocycles. The standard InChI is InChI=1S/C13H22N2O2/c1-9(2)8-11(12(14)16)15-13(17)10-6-4-3-5-7-10/h10-11H,1,3-8H2,2H3,(H2,14,16)(H,15,17)/t11-/m0/s1. The minimum absolute atomic E-state index is 0.0326. The zero-order valence-electron chi connectivity index (χ0n) is 10.5. The van der Waals surface area contributed by atoms with Crippen LogP contribution in [0.1, 0.15) is 45.4 Å². The van der Waals surface area contributed by atoms with Crippen LogP contribution < -0.4 is 11.1 Å². The Kier molecular flexibility index (Phi) is 5.19. The maximum absolute atomic E-state index is 11.9. The first kappa shape index (κ1) is 13.7. The van der Waals surface area contributed by atoms with E-state index in [1.165, 1.54) is 6.42 Å². The number of rotatable bonds is 5. The maximum atomic E-state index is 11.9. The summed E-state index contributed by atoms with van der Waals surface area (Å²) in [7, 11) is 0. The molecule has 0 aliphatic heterocycles. The molecule has 17 heavy (non-hydrogen) atoms. The fourth-order valence-corrected chi connectivity index (χ4v) is 2.23. The number of hydrogen-bond donors (Lipinski definition) is 2. The van der Waals surface area contributed by atoms with Crippen LogP contribution in [0.2, 0.25) is 0 Å². The molecule has 0 bridgehead atoms. The van der Waals surface area contributed by atoms with Crippen LogP contribution in [0, 0.1) is 5.92 Å². The zero-order valence-corrected chi connectivity index (χ0v) is 10.5. The van der Waals surface area contributed by atoms with E-state index in [1.54, 1.807) is 0 Å². The number of hydrogen-bond acceptors (Lipinski definition) is 2. The molecule has 1 rings (SSSR count). The van der Waals surface area contributed by atoms with Crippen LogP contribution in [-0.4, -0.2) is 17.9 Å². The third-order valence-electron chi connectivity index (χ3n) is 3.19. The largest absolute Gasteiger partial charge is 0.368 e. The molecule has 4 heteroatoms. The number of nitrogens with one attached hydrogen (secondary N) is 1. The third kappa shape index (κ3) is 4.59. The molecule has 0 heterocycles. The normalized spacial score (nSPS) is 18.4. The fraction of sp³-hybridized carbons (Fsp3) is 0.692. The van der Waals surface area contributed by atoms with Crippen molar-refractivity contribution in [3.63, 3.8) is 0 Å². The monoisotopic (exact) mass is 238 g/mol. The van der Waals surface area contributed by atoms with Gasteiger partial charge in [-0.1, -0.05) is 24.8 Å². The van der Waals surface area contributed by atoms with Crippen LogP contribution in [0.5, 0.6) is 0 Å². The maximum Gasteiger partial charge on any atom is 0.240 e. The Morgan fingerprint density at radius 1 is 1.35 bits per heavy atom. The second kappa shape index (κ2) is 6.42. The molecule has 1 aliphatic carbocycles. The van der Waals surface area contributed by atoms with Gasteiger partial charge < -0.3 is 11.1 Å². The van der Waals surface area contributed by atoms with Crippen LogP contribution in [-0.2, 0) is 9.59 Å². The molecule has 0 unspecified atom stereocenters. The van der Waals surface area contributed by atoms with Crippen molar-refractivity contribution >= 4 is 11.8 Å². The molecule has 0 aromatic carbocycles. The van der Waals surface area contributed by atoms with Gasteiger partial charge in [0, 0.05) is 5.92 Å². The van der Waals surface area contributed by atoms with Gasteiger partial charge in [-0.3, -0.25) is 9.59 Å². The van der Waals surface area contributed by atoms with Gasteiger partial charge in [0.2, 0.25) is 11.8 Å². The molecule has 1 aliphatic rings. The van der Waals surface area contributed by atoms with Crippen molar-refractivity contribution in [2.75, 3.05) is 0 Å². The van der Waals surface area contributed by atoms with Gasteiger partial charge >= 0.3 is 0 Å². The average Bonchev–Trinajstić information content (AvgIpc) is 2.28. The molecule has 0 spiro atoms. The highest BCUT2D eigenvalue weighted by Crippen LogP contribution is 2.23. The van der Waals surface area contributed by atoms with Crippen LogP contribution >= 0.6 is 0 Å². The first-order valence-corrected chi connectivity index (χ1v) is 6.24. The van der Waals surface area contributed by atoms with Gasteiger partial charge in [-0.15, -0.1) is 6.58 Å². The van der Waals surface area contributed by atoms with E-state index in [0.29, 0.717) is 6.42 Å². The summed E-state index contributed by atoms with van der Waals surface area (Å²) in [5.74, 6) is -0.470. The summed E-state index contributed by atoms with van der Waals surface area (Å²) in [6.45, 7) is 5.56. The number of carbonyl (C=O) groups excluding carboxylic acids is 2. The summed E-state index contributed by atoms with van der Waals surface area (Å²) in [6.07, 6.45) is 5.66. The smallest absolute Gasteiger partial charge is 0.240 e. The molecule has 4 nitrogen and oxygen atoms in total. The van der Waals surface area contributed by atoms with Crippen molar-refractivity contribution in [2.45, 2.75) is 51.5 Å². The first-order valence-electron chi connectivity index (χ1n) is 6.24. The van der Waals surface area contributed by atoms with Crippen molar-refractivity contribution in [3.05, 3.63) is 12.2 Å².